The highest BCUT2D eigenvalue weighted by molar-refractivity contribution is 5.74. The smallest absolute Gasteiger partial charge is 0.299 e. The Balaban J connectivity index is 1.61. The maximum absolute atomic E-state index is 6.03. The number of hydrogen-bond donors (Lipinski definition) is 0. The van der Waals surface area contributed by atoms with Crippen LogP contribution < -0.4 is 4.90 Å². The number of aromatic nitrogens is 3. The van der Waals surface area contributed by atoms with E-state index in [9.17, 15) is 0 Å². The van der Waals surface area contributed by atoms with Gasteiger partial charge in [-0.1, -0.05) is 43.3 Å². The van der Waals surface area contributed by atoms with Gasteiger partial charge in [0, 0.05) is 19.4 Å². The zero-order chi connectivity index (χ0) is 17.5. The van der Waals surface area contributed by atoms with Crippen molar-refractivity contribution in [3.05, 3.63) is 71.4 Å². The van der Waals surface area contributed by atoms with Crippen LogP contribution in [0.1, 0.15) is 35.9 Å². The summed E-state index contributed by atoms with van der Waals surface area (Å²) in [4.78, 5) is 6.80. The Labute approximate surface area is 150 Å². The lowest BCUT2D eigenvalue weighted by Crippen LogP contribution is -2.34. The van der Waals surface area contributed by atoms with Crippen molar-refractivity contribution in [2.75, 3.05) is 4.90 Å². The third-order valence-corrected chi connectivity index (χ3v) is 4.85. The van der Waals surface area contributed by atoms with E-state index in [1.54, 1.807) is 0 Å². The summed E-state index contributed by atoms with van der Waals surface area (Å²) in [6, 6.07) is 16.7. The fraction of sp³-hybridized carbons (Fsp3) is 0.250. The van der Waals surface area contributed by atoms with Gasteiger partial charge in [0.05, 0.1) is 0 Å². The van der Waals surface area contributed by atoms with E-state index in [0.29, 0.717) is 24.3 Å². The summed E-state index contributed by atoms with van der Waals surface area (Å²) in [5, 5.41) is 8.43. The summed E-state index contributed by atoms with van der Waals surface area (Å²) in [7, 11) is 0. The molecule has 0 amide bonds. The van der Waals surface area contributed by atoms with Gasteiger partial charge in [-0.15, -0.1) is 10.2 Å². The molecular formula is C20H18N4O2. The van der Waals surface area contributed by atoms with Gasteiger partial charge in [-0.3, -0.25) is 0 Å². The highest BCUT2D eigenvalue weighted by Crippen LogP contribution is 2.37. The van der Waals surface area contributed by atoms with E-state index in [1.165, 1.54) is 11.1 Å². The summed E-state index contributed by atoms with van der Waals surface area (Å²) in [5.41, 5.74) is 4.18. The molecule has 2 aromatic carbocycles. The van der Waals surface area contributed by atoms with E-state index >= 15 is 0 Å². The molecule has 0 bridgehead atoms. The Kier molecular flexibility index (Phi) is 3.48. The maximum atomic E-state index is 6.03. The molecule has 26 heavy (non-hydrogen) atoms. The molecule has 6 nitrogen and oxygen atoms in total. The van der Waals surface area contributed by atoms with Gasteiger partial charge in [-0.25, -0.2) is 0 Å². The third kappa shape index (κ3) is 2.45. The van der Waals surface area contributed by atoms with E-state index in [2.05, 4.69) is 44.3 Å². The molecule has 1 aliphatic heterocycles. The number of fused-ring (bicyclic) bond motifs is 2. The van der Waals surface area contributed by atoms with Crippen molar-refractivity contribution < 1.29 is 8.83 Å². The molecule has 4 aromatic rings. The topological polar surface area (TPSA) is 68.2 Å². The van der Waals surface area contributed by atoms with Crippen molar-refractivity contribution in [1.82, 2.24) is 15.2 Å². The van der Waals surface area contributed by atoms with Crippen LogP contribution in [0.4, 0.5) is 6.01 Å². The fourth-order valence-corrected chi connectivity index (χ4v) is 3.47. The molecule has 0 saturated carbocycles. The second-order valence-corrected chi connectivity index (χ2v) is 6.47. The highest BCUT2D eigenvalue weighted by Gasteiger charge is 2.34. The summed E-state index contributed by atoms with van der Waals surface area (Å²) < 4.78 is 11.9. The van der Waals surface area contributed by atoms with Gasteiger partial charge in [0.15, 0.2) is 5.58 Å². The van der Waals surface area contributed by atoms with E-state index < -0.39 is 0 Å². The van der Waals surface area contributed by atoms with Crippen molar-refractivity contribution in [2.45, 2.75) is 32.4 Å². The van der Waals surface area contributed by atoms with Crippen LogP contribution in [-0.4, -0.2) is 15.2 Å². The Morgan fingerprint density at radius 3 is 2.62 bits per heavy atom. The second kappa shape index (κ2) is 5.98. The molecule has 2 aromatic heterocycles. The predicted octanol–water partition coefficient (Wildman–Crippen LogP) is 4.08. The first kappa shape index (κ1) is 15.1. The number of para-hydroxylation sites is 2. The molecule has 6 heteroatoms. The molecule has 5 rings (SSSR count). The standard InChI is InChI=1S/C20H18N4O2/c1-2-18-22-23-19(26-18)16-11-13-7-3-4-8-14(13)12-24(16)20-21-15-9-5-6-10-17(15)25-20/h3-10,16H,2,11-12H2,1H3/t16-/m1/s1. The van der Waals surface area contributed by atoms with Gasteiger partial charge in [0.1, 0.15) is 11.6 Å². The van der Waals surface area contributed by atoms with Crippen LogP contribution in [-0.2, 0) is 19.4 Å². The lowest BCUT2D eigenvalue weighted by Gasteiger charge is -2.33. The van der Waals surface area contributed by atoms with Crippen LogP contribution in [0.5, 0.6) is 0 Å². The van der Waals surface area contributed by atoms with Crippen LogP contribution in [0, 0.1) is 0 Å². The molecule has 0 radical (unpaired) electrons. The SMILES string of the molecule is CCc1nnc([C@H]2Cc3ccccc3CN2c2nc3ccccc3o2)o1. The van der Waals surface area contributed by atoms with Crippen molar-refractivity contribution in [1.29, 1.82) is 0 Å². The van der Waals surface area contributed by atoms with Crippen molar-refractivity contribution in [2.24, 2.45) is 0 Å². The maximum Gasteiger partial charge on any atom is 0.299 e. The Morgan fingerprint density at radius 1 is 1.00 bits per heavy atom. The van der Waals surface area contributed by atoms with Crippen LogP contribution >= 0.6 is 0 Å². The average Bonchev–Trinajstić information content (AvgIpc) is 3.33. The van der Waals surface area contributed by atoms with Gasteiger partial charge >= 0.3 is 0 Å². The molecule has 0 fully saturated rings. The van der Waals surface area contributed by atoms with Crippen molar-refractivity contribution >= 4 is 17.1 Å². The molecular weight excluding hydrogens is 328 g/mol. The van der Waals surface area contributed by atoms with Crippen LogP contribution in [0.2, 0.25) is 0 Å². The monoisotopic (exact) mass is 346 g/mol. The van der Waals surface area contributed by atoms with E-state index in [-0.39, 0.29) is 6.04 Å². The Hall–Kier alpha value is -3.15. The van der Waals surface area contributed by atoms with Crippen LogP contribution in [0.15, 0.2) is 57.4 Å². The molecule has 1 aliphatic rings. The second-order valence-electron chi connectivity index (χ2n) is 6.47. The number of nitrogens with zero attached hydrogens (tertiary/aromatic N) is 4. The predicted molar refractivity (Wildman–Crippen MR) is 96.8 cm³/mol. The number of rotatable bonds is 3. The lowest BCUT2D eigenvalue weighted by atomic mass is 9.94. The first-order valence-electron chi connectivity index (χ1n) is 8.83. The lowest BCUT2D eigenvalue weighted by molar-refractivity contribution is 0.383. The quantitative estimate of drug-likeness (QED) is 0.557. The molecule has 0 unspecified atom stereocenters. The molecule has 130 valence electrons. The summed E-state index contributed by atoms with van der Waals surface area (Å²) in [6.45, 7) is 2.70. The zero-order valence-corrected chi connectivity index (χ0v) is 14.4. The normalized spacial score (nSPS) is 16.8. The van der Waals surface area contributed by atoms with Crippen molar-refractivity contribution in [3.63, 3.8) is 0 Å². The molecule has 0 saturated heterocycles. The van der Waals surface area contributed by atoms with Gasteiger partial charge in [-0.05, 0) is 23.3 Å². The van der Waals surface area contributed by atoms with Gasteiger partial charge in [0.25, 0.3) is 6.01 Å². The van der Waals surface area contributed by atoms with E-state index in [1.807, 2.05) is 31.2 Å². The highest BCUT2D eigenvalue weighted by atomic mass is 16.4. The summed E-state index contributed by atoms with van der Waals surface area (Å²) in [5.74, 6) is 1.26. The Bertz CT molecular complexity index is 1040. The number of benzene rings is 2. The largest absolute Gasteiger partial charge is 0.423 e. The first-order chi connectivity index (χ1) is 12.8. The van der Waals surface area contributed by atoms with Gasteiger partial charge < -0.3 is 13.7 Å². The number of oxazole rings is 1. The van der Waals surface area contributed by atoms with Crippen LogP contribution in [0.3, 0.4) is 0 Å². The van der Waals surface area contributed by atoms with Crippen molar-refractivity contribution in [3.8, 4) is 0 Å². The molecule has 0 aliphatic carbocycles. The zero-order valence-electron chi connectivity index (χ0n) is 14.4. The Morgan fingerprint density at radius 2 is 1.81 bits per heavy atom. The summed E-state index contributed by atoms with van der Waals surface area (Å²) >= 11 is 0. The molecule has 0 spiro atoms. The first-order valence-corrected chi connectivity index (χ1v) is 8.83. The average molecular weight is 346 g/mol. The number of aryl methyl sites for hydroxylation is 1. The fourth-order valence-electron chi connectivity index (χ4n) is 3.47. The third-order valence-electron chi connectivity index (χ3n) is 4.85. The minimum Gasteiger partial charge on any atom is -0.423 e. The minimum absolute atomic E-state index is 0.0919. The van der Waals surface area contributed by atoms with E-state index in [4.69, 9.17) is 8.83 Å². The van der Waals surface area contributed by atoms with Crippen LogP contribution in [0.25, 0.3) is 11.1 Å². The molecule has 0 N–H and O–H groups in total. The minimum atomic E-state index is -0.0919. The number of hydrogen-bond acceptors (Lipinski definition) is 6. The van der Waals surface area contributed by atoms with E-state index in [0.717, 1.165) is 23.9 Å². The summed E-state index contributed by atoms with van der Waals surface area (Å²) in [6.07, 6.45) is 1.50. The van der Waals surface area contributed by atoms with Gasteiger partial charge in [-0.2, -0.15) is 4.98 Å². The number of anilines is 1. The molecule has 1 atom stereocenters. The molecule has 3 heterocycles. The van der Waals surface area contributed by atoms with Gasteiger partial charge in [0.2, 0.25) is 11.8 Å².